The van der Waals surface area contributed by atoms with Crippen molar-refractivity contribution in [3.8, 4) is 0 Å². The number of rotatable bonds is 3. The van der Waals surface area contributed by atoms with E-state index >= 15 is 0 Å². The molecular weight excluding hydrogens is 304 g/mol. The van der Waals surface area contributed by atoms with E-state index in [0.717, 1.165) is 6.42 Å². The van der Waals surface area contributed by atoms with E-state index in [-0.39, 0.29) is 11.9 Å². The fraction of sp³-hybridized carbons (Fsp3) is 0.200. The van der Waals surface area contributed by atoms with Crippen molar-refractivity contribution in [3.05, 3.63) is 64.4 Å². The minimum atomic E-state index is -0.0663. The summed E-state index contributed by atoms with van der Waals surface area (Å²) >= 11 is 3.30. The lowest BCUT2D eigenvalue weighted by Gasteiger charge is -2.06. The van der Waals surface area contributed by atoms with Crippen LogP contribution >= 0.6 is 15.9 Å². The predicted molar refractivity (Wildman–Crippen MR) is 77.0 cm³/mol. The molecule has 1 fully saturated rings. The van der Waals surface area contributed by atoms with Gasteiger partial charge in [0.15, 0.2) is 0 Å². The van der Waals surface area contributed by atoms with Gasteiger partial charge in [-0.15, -0.1) is 0 Å². The number of aromatic nitrogens is 1. The van der Waals surface area contributed by atoms with Crippen LogP contribution in [0.15, 0.2) is 53.3 Å². The molecule has 1 aliphatic rings. The minimum absolute atomic E-state index is 0.0663. The summed E-state index contributed by atoms with van der Waals surface area (Å²) in [6, 6.07) is 14.1. The molecule has 2 aromatic rings. The number of hydrogen-bond donors (Lipinski definition) is 1. The van der Waals surface area contributed by atoms with Gasteiger partial charge in [0.1, 0.15) is 4.60 Å². The first-order valence-electron chi connectivity index (χ1n) is 6.22. The zero-order valence-electron chi connectivity index (χ0n) is 10.2. The molecule has 1 aromatic carbocycles. The van der Waals surface area contributed by atoms with Gasteiger partial charge in [0.25, 0.3) is 5.91 Å². The summed E-state index contributed by atoms with van der Waals surface area (Å²) in [4.78, 5) is 16.2. The van der Waals surface area contributed by atoms with Gasteiger partial charge in [0.2, 0.25) is 0 Å². The zero-order chi connectivity index (χ0) is 13.2. The molecule has 1 heterocycles. The van der Waals surface area contributed by atoms with Crippen molar-refractivity contribution in [2.75, 3.05) is 0 Å². The number of nitrogens with one attached hydrogen (secondary N) is 1. The van der Waals surface area contributed by atoms with Crippen molar-refractivity contribution < 1.29 is 4.79 Å². The van der Waals surface area contributed by atoms with Crippen molar-refractivity contribution in [2.45, 2.75) is 18.4 Å². The Balaban J connectivity index is 1.66. The molecule has 1 N–H and O–H groups in total. The summed E-state index contributed by atoms with van der Waals surface area (Å²) in [5.41, 5.74) is 1.87. The van der Waals surface area contributed by atoms with Crippen LogP contribution in [-0.4, -0.2) is 16.9 Å². The predicted octanol–water partition coefficient (Wildman–Crippen LogP) is 3.13. The molecule has 1 saturated carbocycles. The van der Waals surface area contributed by atoms with E-state index in [1.807, 2.05) is 18.2 Å². The third-order valence-corrected chi connectivity index (χ3v) is 3.97. The lowest BCUT2D eigenvalue weighted by atomic mass is 10.1. The SMILES string of the molecule is O=C(NC1CC1c1ccccc1)c1cccnc1Br. The topological polar surface area (TPSA) is 42.0 Å². The van der Waals surface area contributed by atoms with Crippen LogP contribution in [0.1, 0.15) is 28.3 Å². The number of amides is 1. The second kappa shape index (κ2) is 5.13. The van der Waals surface area contributed by atoms with Gasteiger partial charge in [-0.05, 0) is 40.0 Å². The molecule has 4 heteroatoms. The highest BCUT2D eigenvalue weighted by Crippen LogP contribution is 2.40. The Kier molecular flexibility index (Phi) is 3.34. The van der Waals surface area contributed by atoms with Crippen molar-refractivity contribution in [1.29, 1.82) is 0 Å². The van der Waals surface area contributed by atoms with Crippen molar-refractivity contribution in [1.82, 2.24) is 10.3 Å². The maximum Gasteiger partial charge on any atom is 0.254 e. The average molecular weight is 317 g/mol. The first-order valence-corrected chi connectivity index (χ1v) is 7.01. The van der Waals surface area contributed by atoms with Crippen LogP contribution < -0.4 is 5.32 Å². The highest BCUT2D eigenvalue weighted by Gasteiger charge is 2.39. The number of carbonyl (C=O) groups is 1. The molecule has 96 valence electrons. The molecule has 1 aliphatic carbocycles. The van der Waals surface area contributed by atoms with Gasteiger partial charge < -0.3 is 5.32 Å². The minimum Gasteiger partial charge on any atom is -0.349 e. The van der Waals surface area contributed by atoms with Crippen LogP contribution in [-0.2, 0) is 0 Å². The van der Waals surface area contributed by atoms with E-state index < -0.39 is 0 Å². The molecule has 2 atom stereocenters. The average Bonchev–Trinajstić information content (AvgIpc) is 3.19. The lowest BCUT2D eigenvalue weighted by molar-refractivity contribution is 0.0949. The highest BCUT2D eigenvalue weighted by atomic mass is 79.9. The van der Waals surface area contributed by atoms with Gasteiger partial charge in [0.05, 0.1) is 5.56 Å². The molecule has 1 aromatic heterocycles. The number of carbonyl (C=O) groups excluding carboxylic acids is 1. The molecule has 2 unspecified atom stereocenters. The Bertz CT molecular complexity index is 600. The molecule has 1 amide bonds. The summed E-state index contributed by atoms with van der Waals surface area (Å²) in [5.74, 6) is 0.379. The first kappa shape index (κ1) is 12.4. The van der Waals surface area contributed by atoms with Crippen molar-refractivity contribution >= 4 is 21.8 Å². The Morgan fingerprint density at radius 1 is 1.21 bits per heavy atom. The largest absolute Gasteiger partial charge is 0.349 e. The van der Waals surface area contributed by atoms with Gasteiger partial charge in [-0.3, -0.25) is 4.79 Å². The maximum atomic E-state index is 12.1. The summed E-state index contributed by atoms with van der Waals surface area (Å²) in [6.07, 6.45) is 2.67. The van der Waals surface area contributed by atoms with E-state index in [4.69, 9.17) is 0 Å². The van der Waals surface area contributed by atoms with Crippen molar-refractivity contribution in [2.24, 2.45) is 0 Å². The Labute approximate surface area is 120 Å². The second-order valence-electron chi connectivity index (χ2n) is 4.67. The van der Waals surface area contributed by atoms with Crippen LogP contribution in [0.2, 0.25) is 0 Å². The Hall–Kier alpha value is -1.68. The zero-order valence-corrected chi connectivity index (χ0v) is 11.8. The number of nitrogens with zero attached hydrogens (tertiary/aromatic N) is 1. The van der Waals surface area contributed by atoms with Gasteiger partial charge in [-0.2, -0.15) is 0 Å². The summed E-state index contributed by atoms with van der Waals surface area (Å²) in [6.45, 7) is 0. The highest BCUT2D eigenvalue weighted by molar-refractivity contribution is 9.10. The standard InChI is InChI=1S/C15H13BrN2O/c16-14-11(7-4-8-17-14)15(19)18-13-9-12(13)10-5-2-1-3-6-10/h1-8,12-13H,9H2,(H,18,19). The van der Waals surface area contributed by atoms with Gasteiger partial charge in [-0.25, -0.2) is 4.98 Å². The summed E-state index contributed by atoms with van der Waals surface area (Å²) < 4.78 is 0.587. The normalized spacial score (nSPS) is 20.9. The van der Waals surface area contributed by atoms with E-state index in [1.54, 1.807) is 18.3 Å². The van der Waals surface area contributed by atoms with E-state index in [1.165, 1.54) is 5.56 Å². The van der Waals surface area contributed by atoms with Gasteiger partial charge in [0, 0.05) is 18.2 Å². The van der Waals surface area contributed by atoms with Gasteiger partial charge >= 0.3 is 0 Å². The fourth-order valence-corrected chi connectivity index (χ4v) is 2.66. The van der Waals surface area contributed by atoms with E-state index in [2.05, 4.69) is 38.4 Å². The molecular formula is C15H13BrN2O. The molecule has 0 saturated heterocycles. The number of hydrogen-bond acceptors (Lipinski definition) is 2. The molecule has 0 spiro atoms. The smallest absolute Gasteiger partial charge is 0.254 e. The third kappa shape index (κ3) is 2.68. The summed E-state index contributed by atoms with van der Waals surface area (Å²) in [5, 5.41) is 3.05. The van der Waals surface area contributed by atoms with Crippen LogP contribution in [0, 0.1) is 0 Å². The fourth-order valence-electron chi connectivity index (χ4n) is 2.22. The number of benzene rings is 1. The maximum absolute atomic E-state index is 12.1. The molecule has 0 bridgehead atoms. The van der Waals surface area contributed by atoms with Crippen LogP contribution in [0.25, 0.3) is 0 Å². The number of halogens is 1. The Morgan fingerprint density at radius 3 is 2.74 bits per heavy atom. The van der Waals surface area contributed by atoms with Gasteiger partial charge in [-0.1, -0.05) is 30.3 Å². The molecule has 0 radical (unpaired) electrons. The Morgan fingerprint density at radius 2 is 2.00 bits per heavy atom. The molecule has 3 rings (SSSR count). The third-order valence-electron chi connectivity index (χ3n) is 3.34. The quantitative estimate of drug-likeness (QED) is 0.884. The summed E-state index contributed by atoms with van der Waals surface area (Å²) in [7, 11) is 0. The van der Waals surface area contributed by atoms with Crippen LogP contribution in [0.4, 0.5) is 0 Å². The molecule has 19 heavy (non-hydrogen) atoms. The first-order chi connectivity index (χ1) is 9.25. The second-order valence-corrected chi connectivity index (χ2v) is 5.43. The molecule has 3 nitrogen and oxygen atoms in total. The van der Waals surface area contributed by atoms with Crippen LogP contribution in [0.5, 0.6) is 0 Å². The number of pyridine rings is 1. The lowest BCUT2D eigenvalue weighted by Crippen LogP contribution is -2.27. The van der Waals surface area contributed by atoms with Crippen LogP contribution in [0.3, 0.4) is 0 Å². The van der Waals surface area contributed by atoms with E-state index in [0.29, 0.717) is 16.1 Å². The monoisotopic (exact) mass is 316 g/mol. The van der Waals surface area contributed by atoms with E-state index in [9.17, 15) is 4.79 Å². The molecule has 0 aliphatic heterocycles. The van der Waals surface area contributed by atoms with Crippen molar-refractivity contribution in [3.63, 3.8) is 0 Å².